The summed E-state index contributed by atoms with van der Waals surface area (Å²) >= 11 is 0. The second kappa shape index (κ2) is 8.23. The van der Waals surface area contributed by atoms with Crippen molar-refractivity contribution in [1.82, 2.24) is 14.5 Å². The topological polar surface area (TPSA) is 63.1 Å². The van der Waals surface area contributed by atoms with Gasteiger partial charge in [0, 0.05) is 24.7 Å². The van der Waals surface area contributed by atoms with Gasteiger partial charge < -0.3 is 14.8 Å². The number of rotatable bonds is 5. The summed E-state index contributed by atoms with van der Waals surface area (Å²) in [5.41, 5.74) is 0.541. The van der Waals surface area contributed by atoms with E-state index in [2.05, 4.69) is 20.2 Å². The first kappa shape index (κ1) is 21.0. The number of hydrogen-bond acceptors (Lipinski definition) is 4. The lowest BCUT2D eigenvalue weighted by Gasteiger charge is -2.31. The van der Waals surface area contributed by atoms with E-state index < -0.39 is 18.1 Å². The molecule has 0 spiro atoms. The average Bonchev–Trinajstić information content (AvgIpc) is 3.13. The van der Waals surface area contributed by atoms with Gasteiger partial charge in [-0.15, -0.1) is 0 Å². The number of hydrogen-bond donors (Lipinski definition) is 1. The fourth-order valence-electron chi connectivity index (χ4n) is 4.03. The molecule has 1 amide bonds. The second-order valence-electron chi connectivity index (χ2n) is 7.89. The monoisotopic (exact) mass is 451 g/mol. The van der Waals surface area contributed by atoms with Gasteiger partial charge >= 0.3 is 6.18 Å². The number of alkyl halides is 3. The minimum atomic E-state index is -4.64. The molecule has 0 radical (unpaired) electrons. The third-order valence-corrected chi connectivity index (χ3v) is 5.75. The Kier molecular flexibility index (Phi) is 5.24. The highest BCUT2D eigenvalue weighted by Gasteiger charge is 2.44. The summed E-state index contributed by atoms with van der Waals surface area (Å²) < 4.78 is 44.0. The van der Waals surface area contributed by atoms with Gasteiger partial charge in [0.25, 0.3) is 5.91 Å². The first-order chi connectivity index (χ1) is 15.9. The molecule has 1 unspecified atom stereocenters. The molecular formula is C24H20F3N5O. The number of aromatic nitrogens is 3. The maximum atomic E-state index is 14.3. The third-order valence-electron chi connectivity index (χ3n) is 5.75. The molecule has 1 atom stereocenters. The van der Waals surface area contributed by atoms with Crippen molar-refractivity contribution in [3.05, 3.63) is 84.4 Å². The van der Waals surface area contributed by atoms with Crippen LogP contribution in [0.3, 0.4) is 0 Å². The van der Waals surface area contributed by atoms with E-state index in [-0.39, 0.29) is 16.8 Å². The van der Waals surface area contributed by atoms with E-state index >= 15 is 0 Å². The lowest BCUT2D eigenvalue weighted by atomic mass is 10.1. The molecule has 0 aliphatic carbocycles. The van der Waals surface area contributed by atoms with Crippen molar-refractivity contribution in [3.63, 3.8) is 0 Å². The molecule has 1 aliphatic heterocycles. The Balaban J connectivity index is 1.55. The van der Waals surface area contributed by atoms with Crippen LogP contribution >= 0.6 is 0 Å². The Morgan fingerprint density at radius 2 is 1.82 bits per heavy atom. The highest BCUT2D eigenvalue weighted by atomic mass is 19.4. The zero-order valence-corrected chi connectivity index (χ0v) is 17.5. The standard InChI is InChI=1S/C24H20F3N5O/c25-24(26,27)22(16-5-2-1-3-6-16)32-19(13-17-9-10-28-15-20(17)32)23(33)30-18-7-8-21(29-14-18)31-11-4-12-31/h1-3,5-10,13-15,22H,4,11-12H2,(H,30,33). The molecule has 6 nitrogen and oxygen atoms in total. The van der Waals surface area contributed by atoms with Crippen molar-refractivity contribution in [2.75, 3.05) is 23.3 Å². The van der Waals surface area contributed by atoms with Gasteiger partial charge in [-0.2, -0.15) is 13.2 Å². The highest BCUT2D eigenvalue weighted by molar-refractivity contribution is 6.06. The van der Waals surface area contributed by atoms with Gasteiger partial charge in [0.05, 0.1) is 23.6 Å². The molecule has 1 N–H and O–H groups in total. The fraction of sp³-hybridized carbons (Fsp3) is 0.208. The van der Waals surface area contributed by atoms with E-state index in [0.29, 0.717) is 11.1 Å². The van der Waals surface area contributed by atoms with Crippen LogP contribution in [0.1, 0.15) is 28.5 Å². The van der Waals surface area contributed by atoms with Crippen LogP contribution in [-0.4, -0.2) is 39.7 Å². The van der Waals surface area contributed by atoms with Crippen LogP contribution < -0.4 is 10.2 Å². The van der Waals surface area contributed by atoms with Crippen molar-refractivity contribution in [2.24, 2.45) is 0 Å². The zero-order chi connectivity index (χ0) is 23.0. The molecule has 1 aliphatic rings. The van der Waals surface area contributed by atoms with E-state index in [4.69, 9.17) is 0 Å². The van der Waals surface area contributed by atoms with Crippen LogP contribution in [0.15, 0.2) is 73.2 Å². The minimum absolute atomic E-state index is 0.0287. The second-order valence-corrected chi connectivity index (χ2v) is 7.89. The van der Waals surface area contributed by atoms with Crippen LogP contribution in [0.2, 0.25) is 0 Å². The van der Waals surface area contributed by atoms with Gasteiger partial charge in [0.15, 0.2) is 6.04 Å². The summed E-state index contributed by atoms with van der Waals surface area (Å²) in [4.78, 5) is 23.6. The first-order valence-electron chi connectivity index (χ1n) is 10.5. The largest absolute Gasteiger partial charge is 0.413 e. The number of pyridine rings is 2. The molecule has 33 heavy (non-hydrogen) atoms. The molecule has 5 rings (SSSR count). The smallest absolute Gasteiger partial charge is 0.356 e. The molecule has 4 heterocycles. The van der Waals surface area contributed by atoms with Gasteiger partial charge in [-0.1, -0.05) is 30.3 Å². The van der Waals surface area contributed by atoms with Crippen molar-refractivity contribution < 1.29 is 18.0 Å². The van der Waals surface area contributed by atoms with Crippen LogP contribution in [0, 0.1) is 0 Å². The number of benzene rings is 1. The molecule has 4 aromatic rings. The quantitative estimate of drug-likeness (QED) is 0.462. The minimum Gasteiger partial charge on any atom is -0.356 e. The lowest BCUT2D eigenvalue weighted by molar-refractivity contribution is -0.156. The van der Waals surface area contributed by atoms with Crippen LogP contribution in [0.4, 0.5) is 24.7 Å². The Labute approximate surface area is 187 Å². The van der Waals surface area contributed by atoms with Crippen LogP contribution in [0.25, 0.3) is 10.9 Å². The van der Waals surface area contributed by atoms with Crippen LogP contribution in [-0.2, 0) is 0 Å². The number of anilines is 2. The van der Waals surface area contributed by atoms with Crippen LogP contribution in [0.5, 0.6) is 0 Å². The maximum Gasteiger partial charge on any atom is 0.413 e. The lowest BCUT2D eigenvalue weighted by Crippen LogP contribution is -2.37. The van der Waals surface area contributed by atoms with E-state index in [1.165, 1.54) is 36.8 Å². The summed E-state index contributed by atoms with van der Waals surface area (Å²) in [7, 11) is 0. The zero-order valence-electron chi connectivity index (χ0n) is 17.5. The highest BCUT2D eigenvalue weighted by Crippen LogP contribution is 2.40. The average molecular weight is 451 g/mol. The number of halogens is 3. The molecule has 1 fully saturated rings. The van der Waals surface area contributed by atoms with E-state index in [9.17, 15) is 18.0 Å². The maximum absolute atomic E-state index is 14.3. The molecule has 0 bridgehead atoms. The number of nitrogens with zero attached hydrogens (tertiary/aromatic N) is 4. The first-order valence-corrected chi connectivity index (χ1v) is 10.5. The van der Waals surface area contributed by atoms with Gasteiger partial charge in [0.2, 0.25) is 0 Å². The van der Waals surface area contributed by atoms with E-state index in [1.807, 2.05) is 0 Å². The van der Waals surface area contributed by atoms with Gasteiger partial charge in [-0.3, -0.25) is 9.78 Å². The molecule has 1 saturated heterocycles. The summed E-state index contributed by atoms with van der Waals surface area (Å²) in [5, 5.41) is 3.18. The Hall–Kier alpha value is -3.88. The van der Waals surface area contributed by atoms with Crippen molar-refractivity contribution >= 4 is 28.3 Å². The Bertz CT molecular complexity index is 1280. The molecule has 1 aromatic carbocycles. The molecule has 168 valence electrons. The number of nitrogens with one attached hydrogen (secondary N) is 1. The van der Waals surface area contributed by atoms with Gasteiger partial charge in [-0.05, 0) is 36.2 Å². The SMILES string of the molecule is O=C(Nc1ccc(N2CCC2)nc1)c1cc2ccncc2n1C(c1ccccc1)C(F)(F)F. The van der Waals surface area contributed by atoms with E-state index in [1.54, 1.807) is 36.4 Å². The predicted octanol–water partition coefficient (Wildman–Crippen LogP) is 5.05. The molecular weight excluding hydrogens is 431 g/mol. The fourth-order valence-corrected chi connectivity index (χ4v) is 4.03. The van der Waals surface area contributed by atoms with Crippen molar-refractivity contribution in [1.29, 1.82) is 0 Å². The summed E-state index contributed by atoms with van der Waals surface area (Å²) in [6.45, 7) is 1.87. The molecule has 9 heteroatoms. The molecule has 0 saturated carbocycles. The number of carbonyl (C=O) groups excluding carboxylic acids is 1. The summed E-state index contributed by atoms with van der Waals surface area (Å²) in [6.07, 6.45) is 0.813. The summed E-state index contributed by atoms with van der Waals surface area (Å²) in [5.74, 6) is 0.149. The van der Waals surface area contributed by atoms with Gasteiger partial charge in [0.1, 0.15) is 11.5 Å². The third kappa shape index (κ3) is 4.02. The Morgan fingerprint density at radius 3 is 2.45 bits per heavy atom. The molecule has 3 aromatic heterocycles. The van der Waals surface area contributed by atoms with Gasteiger partial charge in [-0.25, -0.2) is 4.98 Å². The number of amides is 1. The number of carbonyl (C=O) groups is 1. The van der Waals surface area contributed by atoms with Crippen molar-refractivity contribution in [3.8, 4) is 0 Å². The van der Waals surface area contributed by atoms with Crippen molar-refractivity contribution in [2.45, 2.75) is 18.6 Å². The number of fused-ring (bicyclic) bond motifs is 1. The summed E-state index contributed by atoms with van der Waals surface area (Å²) in [6, 6.07) is 12.0. The normalized spacial score (nSPS) is 14.7. The predicted molar refractivity (Wildman–Crippen MR) is 119 cm³/mol. The van der Waals surface area contributed by atoms with E-state index in [0.717, 1.165) is 29.9 Å². The Morgan fingerprint density at radius 1 is 1.03 bits per heavy atom.